The van der Waals surface area contributed by atoms with Crippen LogP contribution in [-0.4, -0.2) is 11.3 Å². The van der Waals surface area contributed by atoms with Crippen LogP contribution in [0.3, 0.4) is 0 Å². The largest absolute Gasteiger partial charge is 0.298 e. The molecule has 0 saturated heterocycles. The van der Waals surface area contributed by atoms with E-state index in [4.69, 9.17) is 11.6 Å². The number of alkyl halides is 3. The van der Waals surface area contributed by atoms with Gasteiger partial charge >= 0.3 is 0 Å². The van der Waals surface area contributed by atoms with Crippen molar-refractivity contribution in [2.75, 3.05) is 0 Å². The second-order valence-corrected chi connectivity index (χ2v) is 2.72. The van der Waals surface area contributed by atoms with Crippen LogP contribution in [0.4, 0.5) is 13.2 Å². The van der Waals surface area contributed by atoms with Crippen molar-refractivity contribution >= 4 is 17.9 Å². The first-order valence-corrected chi connectivity index (χ1v) is 4.11. The molecule has 0 aromatic carbocycles. The predicted molar refractivity (Wildman–Crippen MR) is 44.1 cm³/mol. The van der Waals surface area contributed by atoms with E-state index in [9.17, 15) is 18.0 Å². The molecule has 1 aromatic rings. The summed E-state index contributed by atoms with van der Waals surface area (Å²) in [6.07, 6.45) is -1.83. The van der Waals surface area contributed by atoms with Gasteiger partial charge in [-0.1, -0.05) is 0 Å². The first-order chi connectivity index (χ1) is 6.61. The van der Waals surface area contributed by atoms with Gasteiger partial charge in [-0.3, -0.25) is 4.79 Å². The molecule has 1 aromatic heterocycles. The molecule has 6 heteroatoms. The van der Waals surface area contributed by atoms with Gasteiger partial charge in [-0.25, -0.2) is 13.8 Å². The van der Waals surface area contributed by atoms with Crippen LogP contribution in [0.2, 0.25) is 0 Å². The molecule has 1 rings (SSSR count). The van der Waals surface area contributed by atoms with Crippen LogP contribution >= 0.6 is 11.6 Å². The zero-order valence-electron chi connectivity index (χ0n) is 6.81. The average molecular weight is 224 g/mol. The zero-order valence-corrected chi connectivity index (χ0v) is 7.56. The van der Waals surface area contributed by atoms with Crippen molar-refractivity contribution < 1.29 is 18.0 Å². The molecule has 0 unspecified atom stereocenters. The van der Waals surface area contributed by atoms with Crippen molar-refractivity contribution in [3.8, 4) is 0 Å². The Kier molecular flexibility index (Phi) is 3.46. The lowest BCUT2D eigenvalue weighted by molar-refractivity contribution is 0.112. The molecule has 1 heterocycles. The van der Waals surface area contributed by atoms with Gasteiger partial charge in [0.1, 0.15) is 0 Å². The topological polar surface area (TPSA) is 30.0 Å². The number of pyridine rings is 1. The van der Waals surface area contributed by atoms with Crippen molar-refractivity contribution in [3.05, 3.63) is 28.8 Å². The van der Waals surface area contributed by atoms with Crippen molar-refractivity contribution in [1.82, 2.24) is 4.98 Å². The van der Waals surface area contributed by atoms with Gasteiger partial charge in [-0.2, -0.15) is 4.39 Å². The highest BCUT2D eigenvalue weighted by molar-refractivity contribution is 6.17. The van der Waals surface area contributed by atoms with Crippen LogP contribution in [0.15, 0.2) is 6.20 Å². The monoisotopic (exact) mass is 223 g/mol. The number of hydrogen-bond acceptors (Lipinski definition) is 2. The zero-order chi connectivity index (χ0) is 10.7. The summed E-state index contributed by atoms with van der Waals surface area (Å²) in [5, 5.41) is 0. The molecular formula is C8H5ClF3NO. The van der Waals surface area contributed by atoms with Crippen LogP contribution in [-0.2, 0) is 5.88 Å². The fourth-order valence-electron chi connectivity index (χ4n) is 1.03. The molecule has 14 heavy (non-hydrogen) atoms. The molecule has 0 amide bonds. The molecule has 0 bridgehead atoms. The van der Waals surface area contributed by atoms with E-state index in [1.807, 2.05) is 0 Å². The van der Waals surface area contributed by atoms with E-state index in [-0.39, 0.29) is 17.0 Å². The standard InChI is InChI=1S/C8H5ClF3NO/c9-1-5-4(3-14)2-13-8(12)6(5)7(10)11/h2-3,7H,1H2. The van der Waals surface area contributed by atoms with E-state index < -0.39 is 17.9 Å². The summed E-state index contributed by atoms with van der Waals surface area (Å²) in [7, 11) is 0. The summed E-state index contributed by atoms with van der Waals surface area (Å²) in [6, 6.07) is 0. The summed E-state index contributed by atoms with van der Waals surface area (Å²) in [5.74, 6) is -1.64. The Balaban J connectivity index is 3.42. The normalized spacial score (nSPS) is 10.6. The van der Waals surface area contributed by atoms with Crippen LogP contribution in [0.5, 0.6) is 0 Å². The van der Waals surface area contributed by atoms with Crippen LogP contribution < -0.4 is 0 Å². The van der Waals surface area contributed by atoms with Gasteiger partial charge in [0.15, 0.2) is 6.29 Å². The van der Waals surface area contributed by atoms with E-state index in [2.05, 4.69) is 4.98 Å². The average Bonchev–Trinajstić information content (AvgIpc) is 2.16. The minimum absolute atomic E-state index is 0.114. The molecule has 0 radical (unpaired) electrons. The third-order valence-electron chi connectivity index (χ3n) is 1.69. The van der Waals surface area contributed by atoms with E-state index in [0.29, 0.717) is 6.29 Å². The molecule has 2 nitrogen and oxygen atoms in total. The number of nitrogens with zero attached hydrogens (tertiary/aromatic N) is 1. The third kappa shape index (κ3) is 1.87. The Morgan fingerprint density at radius 3 is 2.64 bits per heavy atom. The number of carbonyl (C=O) groups is 1. The quantitative estimate of drug-likeness (QED) is 0.448. The Bertz CT molecular complexity index is 357. The van der Waals surface area contributed by atoms with Gasteiger partial charge in [0.25, 0.3) is 6.43 Å². The predicted octanol–water partition coefficient (Wildman–Crippen LogP) is 2.71. The first-order valence-electron chi connectivity index (χ1n) is 3.58. The van der Waals surface area contributed by atoms with Gasteiger partial charge in [0.05, 0.1) is 5.56 Å². The maximum Gasteiger partial charge on any atom is 0.268 e. The molecule has 0 aliphatic rings. The van der Waals surface area contributed by atoms with Crippen LogP contribution in [0, 0.1) is 5.95 Å². The molecule has 0 aliphatic carbocycles. The molecule has 0 atom stereocenters. The maximum atomic E-state index is 12.8. The molecule has 0 aliphatic heterocycles. The highest BCUT2D eigenvalue weighted by atomic mass is 35.5. The minimum Gasteiger partial charge on any atom is -0.298 e. The minimum atomic E-state index is -3.03. The van der Waals surface area contributed by atoms with Gasteiger partial charge in [-0.15, -0.1) is 11.6 Å². The Morgan fingerprint density at radius 2 is 2.21 bits per heavy atom. The summed E-state index contributed by atoms with van der Waals surface area (Å²) in [4.78, 5) is 13.4. The molecular weight excluding hydrogens is 219 g/mol. The van der Waals surface area contributed by atoms with Gasteiger partial charge < -0.3 is 0 Å². The van der Waals surface area contributed by atoms with Gasteiger partial charge in [-0.05, 0) is 5.56 Å². The lowest BCUT2D eigenvalue weighted by Crippen LogP contribution is -2.04. The maximum absolute atomic E-state index is 12.8. The Morgan fingerprint density at radius 1 is 1.57 bits per heavy atom. The van der Waals surface area contributed by atoms with Crippen LogP contribution in [0.25, 0.3) is 0 Å². The lowest BCUT2D eigenvalue weighted by Gasteiger charge is -2.08. The number of hydrogen-bond donors (Lipinski definition) is 0. The second-order valence-electron chi connectivity index (χ2n) is 2.45. The number of carbonyl (C=O) groups excluding carboxylic acids is 1. The SMILES string of the molecule is O=Cc1cnc(F)c(C(F)F)c1CCl. The summed E-state index contributed by atoms with van der Waals surface area (Å²) < 4.78 is 37.5. The van der Waals surface area contributed by atoms with Crippen molar-refractivity contribution in [2.45, 2.75) is 12.3 Å². The first kappa shape index (κ1) is 11.0. The highest BCUT2D eigenvalue weighted by Gasteiger charge is 2.21. The summed E-state index contributed by atoms with van der Waals surface area (Å²) >= 11 is 5.35. The van der Waals surface area contributed by atoms with Crippen molar-refractivity contribution in [1.29, 1.82) is 0 Å². The Hall–Kier alpha value is -1.10. The van der Waals surface area contributed by atoms with E-state index >= 15 is 0 Å². The molecule has 0 saturated carbocycles. The van der Waals surface area contributed by atoms with Gasteiger partial charge in [0, 0.05) is 17.6 Å². The Labute approximate surface area is 82.7 Å². The fraction of sp³-hybridized carbons (Fsp3) is 0.250. The highest BCUT2D eigenvalue weighted by Crippen LogP contribution is 2.27. The number of rotatable bonds is 3. The summed E-state index contributed by atoms with van der Waals surface area (Å²) in [6.45, 7) is 0. The molecule has 0 fully saturated rings. The van der Waals surface area contributed by atoms with Crippen molar-refractivity contribution in [3.63, 3.8) is 0 Å². The lowest BCUT2D eigenvalue weighted by atomic mass is 10.1. The van der Waals surface area contributed by atoms with Crippen molar-refractivity contribution in [2.24, 2.45) is 0 Å². The smallest absolute Gasteiger partial charge is 0.268 e. The van der Waals surface area contributed by atoms with E-state index in [1.165, 1.54) is 0 Å². The number of halogens is 4. The third-order valence-corrected chi connectivity index (χ3v) is 1.96. The number of aromatic nitrogens is 1. The number of aldehydes is 1. The second kappa shape index (κ2) is 4.41. The molecule has 0 spiro atoms. The summed E-state index contributed by atoms with van der Waals surface area (Å²) in [5.41, 5.74) is -1.22. The van der Waals surface area contributed by atoms with E-state index in [0.717, 1.165) is 6.20 Å². The fourth-order valence-corrected chi connectivity index (χ4v) is 1.32. The van der Waals surface area contributed by atoms with Crippen LogP contribution in [0.1, 0.15) is 27.9 Å². The molecule has 0 N–H and O–H groups in total. The van der Waals surface area contributed by atoms with E-state index in [1.54, 1.807) is 0 Å². The molecule has 76 valence electrons. The van der Waals surface area contributed by atoms with Gasteiger partial charge in [0.2, 0.25) is 5.95 Å².